The smallest absolute Gasteiger partial charge is 0.0466 e. The van der Waals surface area contributed by atoms with Crippen LogP contribution in [-0.2, 0) is 4.74 Å². The zero-order valence-electron chi connectivity index (χ0n) is 6.19. The molecule has 0 N–H and O–H groups in total. The molecule has 0 aromatic heterocycles. The van der Waals surface area contributed by atoms with E-state index in [4.69, 9.17) is 16.3 Å². The molecule has 0 saturated heterocycles. The highest BCUT2D eigenvalue weighted by atomic mass is 35.5. The van der Waals surface area contributed by atoms with Gasteiger partial charge in [0.15, 0.2) is 0 Å². The SMILES string of the molecule is CCOCCCC(C)Cl. The molecule has 0 aliphatic rings. The lowest BCUT2D eigenvalue weighted by Gasteiger charge is -2.01. The van der Waals surface area contributed by atoms with E-state index >= 15 is 0 Å². The normalized spacial score (nSPS) is 13.7. The molecule has 2 heteroatoms. The van der Waals surface area contributed by atoms with E-state index in [2.05, 4.69) is 0 Å². The van der Waals surface area contributed by atoms with Crippen molar-refractivity contribution in [3.63, 3.8) is 0 Å². The number of hydrogen-bond donors (Lipinski definition) is 0. The van der Waals surface area contributed by atoms with Crippen LogP contribution in [-0.4, -0.2) is 18.6 Å². The zero-order chi connectivity index (χ0) is 7.11. The van der Waals surface area contributed by atoms with Gasteiger partial charge in [-0.15, -0.1) is 11.6 Å². The van der Waals surface area contributed by atoms with Crippen molar-refractivity contribution in [2.24, 2.45) is 0 Å². The number of rotatable bonds is 5. The van der Waals surface area contributed by atoms with Gasteiger partial charge in [0.25, 0.3) is 0 Å². The summed E-state index contributed by atoms with van der Waals surface area (Å²) in [5, 5.41) is 0.297. The molecule has 0 bridgehead atoms. The van der Waals surface area contributed by atoms with Crippen LogP contribution in [0.2, 0.25) is 0 Å². The molecule has 0 saturated carbocycles. The lowest BCUT2D eigenvalue weighted by Crippen LogP contribution is -1.97. The molecule has 0 aromatic carbocycles. The molecule has 56 valence electrons. The summed E-state index contributed by atoms with van der Waals surface area (Å²) in [6.07, 6.45) is 2.14. The van der Waals surface area contributed by atoms with Crippen LogP contribution in [0, 0.1) is 0 Å². The van der Waals surface area contributed by atoms with Crippen LogP contribution in [0.15, 0.2) is 0 Å². The summed E-state index contributed by atoms with van der Waals surface area (Å²) < 4.78 is 5.13. The van der Waals surface area contributed by atoms with Gasteiger partial charge in [-0.25, -0.2) is 0 Å². The Morgan fingerprint density at radius 2 is 2.22 bits per heavy atom. The van der Waals surface area contributed by atoms with Crippen molar-refractivity contribution in [1.82, 2.24) is 0 Å². The highest BCUT2D eigenvalue weighted by molar-refractivity contribution is 6.20. The van der Waals surface area contributed by atoms with E-state index in [0.717, 1.165) is 26.1 Å². The van der Waals surface area contributed by atoms with Gasteiger partial charge in [-0.3, -0.25) is 0 Å². The van der Waals surface area contributed by atoms with Gasteiger partial charge in [0.1, 0.15) is 0 Å². The van der Waals surface area contributed by atoms with E-state index in [1.165, 1.54) is 0 Å². The summed E-state index contributed by atoms with van der Waals surface area (Å²) in [4.78, 5) is 0. The highest BCUT2D eigenvalue weighted by Gasteiger charge is 1.93. The first-order chi connectivity index (χ1) is 4.27. The van der Waals surface area contributed by atoms with Gasteiger partial charge in [-0.05, 0) is 26.7 Å². The Kier molecular flexibility index (Phi) is 6.55. The fourth-order valence-electron chi connectivity index (χ4n) is 0.611. The molecule has 0 aliphatic heterocycles. The van der Waals surface area contributed by atoms with Crippen LogP contribution in [0.3, 0.4) is 0 Å². The molecule has 9 heavy (non-hydrogen) atoms. The summed E-state index contributed by atoms with van der Waals surface area (Å²) in [5.74, 6) is 0. The first-order valence-electron chi connectivity index (χ1n) is 3.49. The van der Waals surface area contributed by atoms with Gasteiger partial charge in [-0.2, -0.15) is 0 Å². The van der Waals surface area contributed by atoms with E-state index in [9.17, 15) is 0 Å². The molecule has 1 nitrogen and oxygen atoms in total. The number of hydrogen-bond acceptors (Lipinski definition) is 1. The third-order valence-electron chi connectivity index (χ3n) is 1.09. The van der Waals surface area contributed by atoms with Crippen molar-refractivity contribution in [2.75, 3.05) is 13.2 Å². The van der Waals surface area contributed by atoms with Crippen molar-refractivity contribution >= 4 is 11.6 Å². The molecule has 0 fully saturated rings. The monoisotopic (exact) mass is 150 g/mol. The Balaban J connectivity index is 2.75. The Morgan fingerprint density at radius 1 is 1.56 bits per heavy atom. The summed E-state index contributed by atoms with van der Waals surface area (Å²) >= 11 is 5.70. The molecular formula is C7H15ClO. The third kappa shape index (κ3) is 8.25. The van der Waals surface area contributed by atoms with E-state index in [1.54, 1.807) is 0 Å². The van der Waals surface area contributed by atoms with Crippen LogP contribution in [0.4, 0.5) is 0 Å². The Bertz CT molecular complexity index is 54.9. The number of ether oxygens (including phenoxy) is 1. The minimum absolute atomic E-state index is 0.297. The zero-order valence-corrected chi connectivity index (χ0v) is 6.95. The van der Waals surface area contributed by atoms with E-state index in [1.807, 2.05) is 13.8 Å². The minimum atomic E-state index is 0.297. The molecular weight excluding hydrogens is 136 g/mol. The van der Waals surface area contributed by atoms with Crippen LogP contribution in [0.1, 0.15) is 26.7 Å². The van der Waals surface area contributed by atoms with Gasteiger partial charge < -0.3 is 4.74 Å². The van der Waals surface area contributed by atoms with Gasteiger partial charge in [0.05, 0.1) is 0 Å². The first kappa shape index (κ1) is 9.25. The first-order valence-corrected chi connectivity index (χ1v) is 3.92. The van der Waals surface area contributed by atoms with Gasteiger partial charge in [0.2, 0.25) is 0 Å². The topological polar surface area (TPSA) is 9.23 Å². The summed E-state index contributed by atoms with van der Waals surface area (Å²) in [6, 6.07) is 0. The van der Waals surface area contributed by atoms with Crippen molar-refractivity contribution in [2.45, 2.75) is 32.1 Å². The molecule has 0 heterocycles. The average molecular weight is 151 g/mol. The maximum Gasteiger partial charge on any atom is 0.0466 e. The molecule has 1 atom stereocenters. The Hall–Kier alpha value is 0.250. The molecule has 0 rings (SSSR count). The Labute approximate surface area is 62.3 Å². The lowest BCUT2D eigenvalue weighted by atomic mass is 10.3. The minimum Gasteiger partial charge on any atom is -0.382 e. The maximum atomic E-state index is 5.70. The second-order valence-corrected chi connectivity index (χ2v) is 2.86. The van der Waals surface area contributed by atoms with Gasteiger partial charge >= 0.3 is 0 Å². The van der Waals surface area contributed by atoms with E-state index in [-0.39, 0.29) is 0 Å². The molecule has 0 amide bonds. The summed E-state index contributed by atoms with van der Waals surface area (Å²) in [5.41, 5.74) is 0. The summed E-state index contributed by atoms with van der Waals surface area (Å²) in [7, 11) is 0. The average Bonchev–Trinajstić information content (AvgIpc) is 1.80. The predicted molar refractivity (Wildman–Crippen MR) is 41.0 cm³/mol. The lowest BCUT2D eigenvalue weighted by molar-refractivity contribution is 0.143. The molecule has 1 unspecified atom stereocenters. The quantitative estimate of drug-likeness (QED) is 0.432. The number of halogens is 1. The molecule has 0 radical (unpaired) electrons. The van der Waals surface area contributed by atoms with Crippen LogP contribution >= 0.6 is 11.6 Å². The number of alkyl halides is 1. The maximum absolute atomic E-state index is 5.70. The summed E-state index contributed by atoms with van der Waals surface area (Å²) in [6.45, 7) is 5.68. The van der Waals surface area contributed by atoms with Crippen LogP contribution in [0.5, 0.6) is 0 Å². The van der Waals surface area contributed by atoms with Gasteiger partial charge in [-0.1, -0.05) is 0 Å². The molecule has 0 aliphatic carbocycles. The largest absolute Gasteiger partial charge is 0.382 e. The predicted octanol–water partition coefficient (Wildman–Crippen LogP) is 2.43. The highest BCUT2D eigenvalue weighted by Crippen LogP contribution is 2.02. The second kappa shape index (κ2) is 6.37. The Morgan fingerprint density at radius 3 is 2.67 bits per heavy atom. The van der Waals surface area contributed by atoms with E-state index in [0.29, 0.717) is 5.38 Å². The fraction of sp³-hybridized carbons (Fsp3) is 1.00. The third-order valence-corrected chi connectivity index (χ3v) is 1.31. The van der Waals surface area contributed by atoms with Crippen molar-refractivity contribution < 1.29 is 4.74 Å². The standard InChI is InChI=1S/C7H15ClO/c1-3-9-6-4-5-7(2)8/h7H,3-6H2,1-2H3. The molecule has 0 aromatic rings. The fourth-order valence-corrected chi connectivity index (χ4v) is 0.765. The van der Waals surface area contributed by atoms with Gasteiger partial charge in [0, 0.05) is 18.6 Å². The van der Waals surface area contributed by atoms with Crippen LogP contribution in [0.25, 0.3) is 0 Å². The van der Waals surface area contributed by atoms with Crippen molar-refractivity contribution in [1.29, 1.82) is 0 Å². The van der Waals surface area contributed by atoms with E-state index < -0.39 is 0 Å². The van der Waals surface area contributed by atoms with Crippen LogP contribution < -0.4 is 0 Å². The molecule has 0 spiro atoms. The second-order valence-electron chi connectivity index (χ2n) is 2.12. The van der Waals surface area contributed by atoms with Crippen molar-refractivity contribution in [3.05, 3.63) is 0 Å². The van der Waals surface area contributed by atoms with Crippen molar-refractivity contribution in [3.8, 4) is 0 Å².